The van der Waals surface area contributed by atoms with Crippen molar-refractivity contribution < 1.29 is 9.90 Å². The molecule has 180 valence electrons. The molecular weight excluding hydrogens is 392 g/mol. The zero-order valence-electron chi connectivity index (χ0n) is 21.9. The first-order valence-electron chi connectivity index (χ1n) is 13.3. The van der Waals surface area contributed by atoms with Gasteiger partial charge in [-0.3, -0.25) is 4.79 Å². The lowest BCUT2D eigenvalue weighted by molar-refractivity contribution is -0.141. The Morgan fingerprint density at radius 2 is 1.62 bits per heavy atom. The first-order chi connectivity index (χ1) is 14.7. The van der Waals surface area contributed by atoms with E-state index in [1.165, 1.54) is 50.5 Å². The molecule has 0 heterocycles. The highest BCUT2D eigenvalue weighted by Crippen LogP contribution is 2.73. The van der Waals surface area contributed by atoms with E-state index in [2.05, 4.69) is 61.1 Å². The topological polar surface area (TPSA) is 37.3 Å². The van der Waals surface area contributed by atoms with Gasteiger partial charge in [0.1, 0.15) is 0 Å². The Morgan fingerprint density at radius 1 is 1.00 bits per heavy atom. The molecule has 7 atom stereocenters. The number of rotatable bonds is 4. The van der Waals surface area contributed by atoms with Crippen LogP contribution in [-0.4, -0.2) is 11.1 Å². The van der Waals surface area contributed by atoms with E-state index in [9.17, 15) is 9.90 Å². The van der Waals surface area contributed by atoms with E-state index in [1.54, 1.807) is 5.57 Å². The van der Waals surface area contributed by atoms with E-state index in [0.29, 0.717) is 28.1 Å². The molecule has 0 aromatic rings. The van der Waals surface area contributed by atoms with E-state index in [-0.39, 0.29) is 17.3 Å². The summed E-state index contributed by atoms with van der Waals surface area (Å²) in [5.41, 5.74) is 4.40. The summed E-state index contributed by atoms with van der Waals surface area (Å²) < 4.78 is 0. The number of carboxylic acids is 1. The summed E-state index contributed by atoms with van der Waals surface area (Å²) >= 11 is 0. The summed E-state index contributed by atoms with van der Waals surface area (Å²) in [6.45, 7) is 21.7. The van der Waals surface area contributed by atoms with Gasteiger partial charge in [0.05, 0.1) is 0 Å². The highest BCUT2D eigenvalue weighted by atomic mass is 16.4. The third-order valence-electron chi connectivity index (χ3n) is 11.5. The molecule has 0 bridgehead atoms. The fourth-order valence-corrected chi connectivity index (χ4v) is 9.76. The molecule has 0 aromatic carbocycles. The Labute approximate surface area is 197 Å². The van der Waals surface area contributed by atoms with Gasteiger partial charge in [-0.25, -0.2) is 0 Å². The molecule has 4 aliphatic rings. The van der Waals surface area contributed by atoms with Crippen molar-refractivity contribution in [3.05, 3.63) is 23.8 Å². The maximum Gasteiger partial charge on any atom is 0.303 e. The molecule has 2 heteroatoms. The van der Waals surface area contributed by atoms with Crippen LogP contribution in [0.2, 0.25) is 0 Å². The molecule has 3 fully saturated rings. The molecule has 0 saturated heterocycles. The molecule has 0 amide bonds. The number of carbonyl (C=O) groups is 1. The van der Waals surface area contributed by atoms with E-state index in [1.807, 2.05) is 0 Å². The minimum atomic E-state index is -0.656. The summed E-state index contributed by atoms with van der Waals surface area (Å²) in [5.74, 6) is 1.09. The summed E-state index contributed by atoms with van der Waals surface area (Å²) in [7, 11) is 0. The zero-order chi connectivity index (χ0) is 23.7. The SMILES string of the molecule is C=C(C)C1CC[C@@]2(C)C3=CC[C@@]4(C)CCC(C)(C)CC4[C@]3(C)CCC2[C@]1(C)CCC(=O)O. The first-order valence-corrected chi connectivity index (χ1v) is 13.3. The lowest BCUT2D eigenvalue weighted by Gasteiger charge is -2.68. The van der Waals surface area contributed by atoms with Crippen LogP contribution in [0.25, 0.3) is 0 Å². The Kier molecular flexibility index (Phi) is 5.63. The lowest BCUT2D eigenvalue weighted by Crippen LogP contribution is -2.59. The molecule has 1 N–H and O–H groups in total. The lowest BCUT2D eigenvalue weighted by atomic mass is 9.36. The van der Waals surface area contributed by atoms with Crippen molar-refractivity contribution in [3.8, 4) is 0 Å². The first kappa shape index (κ1) is 24.1. The quantitative estimate of drug-likeness (QED) is 0.445. The Hall–Kier alpha value is -1.05. The summed E-state index contributed by atoms with van der Waals surface area (Å²) in [4.78, 5) is 11.6. The number of carboxylic acid groups (broad SMARTS) is 1. The second-order valence-corrected chi connectivity index (χ2v) is 14.2. The van der Waals surface area contributed by atoms with Crippen molar-refractivity contribution >= 4 is 5.97 Å². The molecule has 2 nitrogen and oxygen atoms in total. The van der Waals surface area contributed by atoms with Crippen LogP contribution in [0.15, 0.2) is 23.8 Å². The van der Waals surface area contributed by atoms with Crippen molar-refractivity contribution in [2.45, 2.75) is 113 Å². The zero-order valence-corrected chi connectivity index (χ0v) is 21.9. The van der Waals surface area contributed by atoms with Gasteiger partial charge in [-0.1, -0.05) is 65.3 Å². The van der Waals surface area contributed by atoms with Crippen LogP contribution < -0.4 is 0 Å². The van der Waals surface area contributed by atoms with Gasteiger partial charge >= 0.3 is 5.97 Å². The molecule has 4 rings (SSSR count). The summed E-state index contributed by atoms with van der Waals surface area (Å²) in [5, 5.41) is 9.55. The maximum absolute atomic E-state index is 11.6. The summed E-state index contributed by atoms with van der Waals surface area (Å²) in [6.07, 6.45) is 13.9. The van der Waals surface area contributed by atoms with Gasteiger partial charge in [0.25, 0.3) is 0 Å². The molecular formula is C30H48O2. The smallest absolute Gasteiger partial charge is 0.303 e. The predicted molar refractivity (Wildman–Crippen MR) is 133 cm³/mol. The largest absolute Gasteiger partial charge is 0.481 e. The van der Waals surface area contributed by atoms with Crippen LogP contribution in [0.3, 0.4) is 0 Å². The highest BCUT2D eigenvalue weighted by Gasteiger charge is 2.64. The molecule has 3 unspecified atom stereocenters. The molecule has 4 aliphatic carbocycles. The van der Waals surface area contributed by atoms with Crippen LogP contribution in [0.4, 0.5) is 0 Å². The minimum absolute atomic E-state index is 0.0198. The number of allylic oxidation sites excluding steroid dienone is 3. The van der Waals surface area contributed by atoms with Gasteiger partial charge in [-0.05, 0) is 110 Å². The number of hydrogen-bond acceptors (Lipinski definition) is 1. The molecule has 0 aliphatic heterocycles. The highest BCUT2D eigenvalue weighted by molar-refractivity contribution is 5.66. The van der Waals surface area contributed by atoms with Crippen LogP contribution in [0.5, 0.6) is 0 Å². The van der Waals surface area contributed by atoms with Crippen molar-refractivity contribution in [1.29, 1.82) is 0 Å². The van der Waals surface area contributed by atoms with Gasteiger partial charge in [0, 0.05) is 6.42 Å². The maximum atomic E-state index is 11.6. The van der Waals surface area contributed by atoms with E-state index in [0.717, 1.165) is 18.8 Å². The molecule has 32 heavy (non-hydrogen) atoms. The fraction of sp³-hybridized carbons (Fsp3) is 0.833. The Balaban J connectivity index is 1.76. The van der Waals surface area contributed by atoms with E-state index < -0.39 is 5.97 Å². The van der Waals surface area contributed by atoms with Crippen molar-refractivity contribution in [1.82, 2.24) is 0 Å². The average Bonchev–Trinajstić information content (AvgIpc) is 2.67. The monoisotopic (exact) mass is 440 g/mol. The van der Waals surface area contributed by atoms with Crippen molar-refractivity contribution in [3.63, 3.8) is 0 Å². The second kappa shape index (κ2) is 7.47. The van der Waals surface area contributed by atoms with Crippen LogP contribution >= 0.6 is 0 Å². The number of hydrogen-bond donors (Lipinski definition) is 1. The molecule has 0 radical (unpaired) electrons. The van der Waals surface area contributed by atoms with Gasteiger partial charge in [-0.2, -0.15) is 0 Å². The second-order valence-electron chi connectivity index (χ2n) is 14.2. The van der Waals surface area contributed by atoms with E-state index >= 15 is 0 Å². The predicted octanol–water partition coefficient (Wildman–Crippen LogP) is 8.43. The standard InChI is InChI=1S/C30H48O2/c1-20(2)21-9-14-29(7)22(28(21,6)16-12-25(31)32)11-15-30(8)23(29)10-13-27(5)18-17-26(3,4)19-24(27)30/h10,21-22,24H,1,9,11-19H2,2-8H3,(H,31,32)/t21?,22?,24?,27-,28+,29+,30+/m0/s1. The van der Waals surface area contributed by atoms with E-state index in [4.69, 9.17) is 0 Å². The molecule has 3 saturated carbocycles. The van der Waals surface area contributed by atoms with Crippen LogP contribution in [0, 0.1) is 44.8 Å². The average molecular weight is 441 g/mol. The third-order valence-corrected chi connectivity index (χ3v) is 11.5. The van der Waals surface area contributed by atoms with Crippen LogP contribution in [0.1, 0.15) is 113 Å². The van der Waals surface area contributed by atoms with Gasteiger partial charge < -0.3 is 5.11 Å². The van der Waals surface area contributed by atoms with Crippen LogP contribution in [-0.2, 0) is 4.79 Å². The van der Waals surface area contributed by atoms with Gasteiger partial charge in [0.2, 0.25) is 0 Å². The third kappa shape index (κ3) is 3.45. The molecule has 0 spiro atoms. The summed E-state index contributed by atoms with van der Waals surface area (Å²) in [6, 6.07) is 0. The normalized spacial score (nSPS) is 47.5. The van der Waals surface area contributed by atoms with Gasteiger partial charge in [-0.15, -0.1) is 0 Å². The number of fused-ring (bicyclic) bond motifs is 5. The van der Waals surface area contributed by atoms with Gasteiger partial charge in [0.15, 0.2) is 0 Å². The van der Waals surface area contributed by atoms with Crippen molar-refractivity contribution in [2.75, 3.05) is 0 Å². The van der Waals surface area contributed by atoms with Crippen molar-refractivity contribution in [2.24, 2.45) is 44.8 Å². The Morgan fingerprint density at radius 3 is 2.25 bits per heavy atom. The molecule has 0 aromatic heterocycles. The minimum Gasteiger partial charge on any atom is -0.481 e. The number of aliphatic carboxylic acids is 1. The fourth-order valence-electron chi connectivity index (χ4n) is 9.76. The Bertz CT molecular complexity index is 836.